The first-order valence-electron chi connectivity index (χ1n) is 10.6. The molecule has 4 aliphatic rings. The van der Waals surface area contributed by atoms with Gasteiger partial charge in [0.15, 0.2) is 5.79 Å². The van der Waals surface area contributed by atoms with Crippen LogP contribution in [0.15, 0.2) is 0 Å². The van der Waals surface area contributed by atoms with Crippen molar-refractivity contribution in [1.82, 2.24) is 0 Å². The molecule has 0 bridgehead atoms. The Bertz CT molecular complexity index is 576. The number of hydrogen-bond donors (Lipinski definition) is 1. The fourth-order valence-corrected chi connectivity index (χ4v) is 7.20. The molecule has 26 heavy (non-hydrogen) atoms. The maximum atomic E-state index is 9.94. The molecule has 4 nitrogen and oxygen atoms in total. The Morgan fingerprint density at radius 2 is 1.69 bits per heavy atom. The van der Waals surface area contributed by atoms with E-state index in [-0.39, 0.29) is 29.1 Å². The van der Waals surface area contributed by atoms with Gasteiger partial charge in [-0.15, -0.1) is 0 Å². The molecule has 0 aromatic rings. The molecular formula is C22H38O4. The van der Waals surface area contributed by atoms with Gasteiger partial charge in [-0.3, -0.25) is 0 Å². The largest absolute Gasteiger partial charge is 0.393 e. The summed E-state index contributed by atoms with van der Waals surface area (Å²) in [4.78, 5) is 0. The summed E-state index contributed by atoms with van der Waals surface area (Å²) in [5, 5.41) is 9.94. The molecule has 0 aromatic carbocycles. The van der Waals surface area contributed by atoms with Gasteiger partial charge in [0.05, 0.1) is 30.5 Å². The minimum atomic E-state index is -0.475. The van der Waals surface area contributed by atoms with E-state index >= 15 is 0 Å². The van der Waals surface area contributed by atoms with Gasteiger partial charge in [-0.05, 0) is 71.1 Å². The second-order valence-corrected chi connectivity index (χ2v) is 10.9. The van der Waals surface area contributed by atoms with Gasteiger partial charge in [-0.2, -0.15) is 0 Å². The lowest BCUT2D eigenvalue weighted by Gasteiger charge is -2.67. The zero-order chi connectivity index (χ0) is 19.0. The van der Waals surface area contributed by atoms with Gasteiger partial charge >= 0.3 is 0 Å². The minimum absolute atomic E-state index is 0.0389. The Morgan fingerprint density at radius 1 is 0.962 bits per heavy atom. The third-order valence-corrected chi connectivity index (χ3v) is 8.82. The van der Waals surface area contributed by atoms with Crippen LogP contribution in [0.25, 0.3) is 0 Å². The van der Waals surface area contributed by atoms with Gasteiger partial charge in [-0.25, -0.2) is 0 Å². The molecule has 0 aromatic heterocycles. The lowest BCUT2D eigenvalue weighted by Crippen LogP contribution is -2.68. The predicted octanol–water partition coefficient (Wildman–Crippen LogP) is 4.29. The van der Waals surface area contributed by atoms with Gasteiger partial charge in [0.2, 0.25) is 0 Å². The first-order chi connectivity index (χ1) is 12.0. The zero-order valence-corrected chi connectivity index (χ0v) is 17.6. The van der Waals surface area contributed by atoms with Gasteiger partial charge < -0.3 is 19.3 Å². The van der Waals surface area contributed by atoms with Crippen LogP contribution in [0.5, 0.6) is 0 Å². The van der Waals surface area contributed by atoms with E-state index in [0.717, 1.165) is 32.3 Å². The number of hydrogen-bond acceptors (Lipinski definition) is 4. The molecule has 2 saturated heterocycles. The van der Waals surface area contributed by atoms with E-state index in [1.807, 2.05) is 13.8 Å². The maximum Gasteiger partial charge on any atom is 0.163 e. The second-order valence-electron chi connectivity index (χ2n) is 10.9. The van der Waals surface area contributed by atoms with Crippen LogP contribution < -0.4 is 0 Å². The molecule has 4 fully saturated rings. The van der Waals surface area contributed by atoms with Crippen molar-refractivity contribution in [2.24, 2.45) is 22.7 Å². The Labute approximate surface area is 159 Å². The summed E-state index contributed by atoms with van der Waals surface area (Å²) in [5.41, 5.74) is -0.374. The standard InChI is InChI=1S/C22H38O4/c1-15-7-8-16-20(5)14-24-18(2,3)25-17(20)9-10-21(16,6)22(15)12-11-19(4,13-23)26-22/h15-17,23H,7-14H2,1-6H3/t15-,16-,17-,19+,20-,21+,22-/m1/s1. The number of aliphatic hydroxyl groups is 1. The Morgan fingerprint density at radius 3 is 2.35 bits per heavy atom. The molecule has 150 valence electrons. The Kier molecular flexibility index (Phi) is 4.19. The van der Waals surface area contributed by atoms with Crippen molar-refractivity contribution in [3.05, 3.63) is 0 Å². The van der Waals surface area contributed by atoms with E-state index in [2.05, 4.69) is 27.7 Å². The van der Waals surface area contributed by atoms with E-state index in [1.165, 1.54) is 12.8 Å². The lowest BCUT2D eigenvalue weighted by atomic mass is 9.43. The summed E-state index contributed by atoms with van der Waals surface area (Å²) < 4.78 is 19.4. The van der Waals surface area contributed by atoms with Gasteiger partial charge in [0, 0.05) is 10.8 Å². The normalized spacial score (nSPS) is 56.2. The van der Waals surface area contributed by atoms with Crippen LogP contribution in [0.1, 0.15) is 80.1 Å². The highest BCUT2D eigenvalue weighted by molar-refractivity contribution is 5.17. The highest BCUT2D eigenvalue weighted by Gasteiger charge is 2.69. The van der Waals surface area contributed by atoms with Crippen LogP contribution in [0, 0.1) is 22.7 Å². The van der Waals surface area contributed by atoms with E-state index < -0.39 is 11.4 Å². The van der Waals surface area contributed by atoms with Crippen LogP contribution in [0.3, 0.4) is 0 Å². The smallest absolute Gasteiger partial charge is 0.163 e. The van der Waals surface area contributed by atoms with Gasteiger partial charge in [0.1, 0.15) is 0 Å². The molecular weight excluding hydrogens is 328 g/mol. The summed E-state index contributed by atoms with van der Waals surface area (Å²) >= 11 is 0. The molecule has 2 aliphatic carbocycles. The van der Waals surface area contributed by atoms with E-state index in [9.17, 15) is 5.11 Å². The molecule has 0 radical (unpaired) electrons. The molecule has 1 spiro atoms. The molecule has 1 N–H and O–H groups in total. The highest BCUT2D eigenvalue weighted by atomic mass is 16.7. The van der Waals surface area contributed by atoms with Crippen LogP contribution in [-0.4, -0.2) is 41.4 Å². The minimum Gasteiger partial charge on any atom is -0.393 e. The quantitative estimate of drug-likeness (QED) is 0.752. The second kappa shape index (κ2) is 5.68. The van der Waals surface area contributed by atoms with E-state index in [0.29, 0.717) is 11.8 Å². The number of ether oxygens (including phenoxy) is 3. The molecule has 4 rings (SSSR count). The van der Waals surface area contributed by atoms with Crippen molar-refractivity contribution in [2.75, 3.05) is 13.2 Å². The van der Waals surface area contributed by atoms with Crippen LogP contribution >= 0.6 is 0 Å². The molecule has 2 saturated carbocycles. The summed E-state index contributed by atoms with van der Waals surface area (Å²) in [5.74, 6) is 0.581. The lowest BCUT2D eigenvalue weighted by molar-refractivity contribution is -0.358. The average molecular weight is 367 g/mol. The Hall–Kier alpha value is -0.160. The third kappa shape index (κ3) is 2.41. The monoisotopic (exact) mass is 366 g/mol. The van der Waals surface area contributed by atoms with Crippen LogP contribution in [0.2, 0.25) is 0 Å². The fourth-order valence-electron chi connectivity index (χ4n) is 7.20. The first kappa shape index (κ1) is 19.2. The number of rotatable bonds is 1. The predicted molar refractivity (Wildman–Crippen MR) is 101 cm³/mol. The Balaban J connectivity index is 1.71. The van der Waals surface area contributed by atoms with Crippen molar-refractivity contribution in [3.8, 4) is 0 Å². The summed E-state index contributed by atoms with van der Waals surface area (Å²) in [6.07, 6.45) is 6.90. The maximum absolute atomic E-state index is 9.94. The van der Waals surface area contributed by atoms with Gasteiger partial charge in [-0.1, -0.05) is 20.8 Å². The highest BCUT2D eigenvalue weighted by Crippen LogP contribution is 2.68. The summed E-state index contributed by atoms with van der Waals surface area (Å²) in [6, 6.07) is 0. The SMILES string of the molecule is C[C@@H]1CC[C@@H]2[C@@]3(C)COC(C)(C)O[C@@H]3CC[C@]2(C)[C@@]12CC[C@@](C)(CO)O2. The van der Waals surface area contributed by atoms with Gasteiger partial charge in [0.25, 0.3) is 0 Å². The molecule has 0 amide bonds. The van der Waals surface area contributed by atoms with Crippen molar-refractivity contribution >= 4 is 0 Å². The van der Waals surface area contributed by atoms with Crippen molar-refractivity contribution < 1.29 is 19.3 Å². The van der Waals surface area contributed by atoms with Crippen LogP contribution in [0.4, 0.5) is 0 Å². The van der Waals surface area contributed by atoms with E-state index in [4.69, 9.17) is 14.2 Å². The molecule has 7 atom stereocenters. The number of aliphatic hydroxyl groups excluding tert-OH is 1. The third-order valence-electron chi connectivity index (χ3n) is 8.82. The molecule has 0 unspecified atom stereocenters. The van der Waals surface area contributed by atoms with Crippen molar-refractivity contribution in [3.63, 3.8) is 0 Å². The summed E-state index contributed by atoms with van der Waals surface area (Å²) in [7, 11) is 0. The van der Waals surface area contributed by atoms with Crippen molar-refractivity contribution in [1.29, 1.82) is 0 Å². The topological polar surface area (TPSA) is 47.9 Å². The zero-order valence-electron chi connectivity index (χ0n) is 17.6. The first-order valence-corrected chi connectivity index (χ1v) is 10.6. The summed E-state index contributed by atoms with van der Waals surface area (Å²) in [6.45, 7) is 14.3. The van der Waals surface area contributed by atoms with Crippen molar-refractivity contribution in [2.45, 2.75) is 103 Å². The van der Waals surface area contributed by atoms with E-state index in [1.54, 1.807) is 0 Å². The molecule has 4 heteroatoms. The molecule has 2 heterocycles. The molecule has 2 aliphatic heterocycles. The fraction of sp³-hybridized carbons (Fsp3) is 1.00. The average Bonchev–Trinajstić information content (AvgIpc) is 2.94. The number of fused-ring (bicyclic) bond motifs is 4. The van der Waals surface area contributed by atoms with Crippen LogP contribution in [-0.2, 0) is 14.2 Å².